The van der Waals surface area contributed by atoms with Gasteiger partial charge < -0.3 is 14.5 Å². The van der Waals surface area contributed by atoms with Gasteiger partial charge in [0.15, 0.2) is 0 Å². The average Bonchev–Trinajstić information content (AvgIpc) is 2.83. The van der Waals surface area contributed by atoms with E-state index in [1.807, 2.05) is 12.1 Å². The van der Waals surface area contributed by atoms with Crippen LogP contribution in [0.4, 0.5) is 0 Å². The van der Waals surface area contributed by atoms with Crippen molar-refractivity contribution in [2.75, 3.05) is 14.2 Å². The van der Waals surface area contributed by atoms with Gasteiger partial charge in [0.05, 0.1) is 20.1 Å². The molecule has 0 amide bonds. The highest BCUT2D eigenvalue weighted by Crippen LogP contribution is 2.37. The number of H-pyrrole nitrogens is 1. The molecule has 0 fully saturated rings. The Labute approximate surface area is 111 Å². The molecule has 4 heteroatoms. The van der Waals surface area contributed by atoms with Crippen LogP contribution in [0.15, 0.2) is 18.2 Å². The Bertz CT molecular complexity index is 630. The van der Waals surface area contributed by atoms with Crippen molar-refractivity contribution in [2.24, 2.45) is 0 Å². The van der Waals surface area contributed by atoms with Crippen LogP contribution in [0.5, 0.6) is 5.75 Å². The minimum absolute atomic E-state index is 0.153. The largest absolute Gasteiger partial charge is 0.497 e. The summed E-state index contributed by atoms with van der Waals surface area (Å²) >= 11 is 0. The van der Waals surface area contributed by atoms with E-state index < -0.39 is 0 Å². The molecule has 1 N–H and O–H groups in total. The molecule has 3 rings (SSSR count). The van der Waals surface area contributed by atoms with Crippen molar-refractivity contribution in [3.05, 3.63) is 29.5 Å². The first-order chi connectivity index (χ1) is 9.24. The average molecular weight is 259 g/mol. The number of hydrogen-bond acceptors (Lipinski definition) is 3. The zero-order chi connectivity index (χ0) is 13.4. The number of methoxy groups -OCH3 is 2. The Morgan fingerprint density at radius 1 is 1.37 bits per heavy atom. The third-order valence-corrected chi connectivity index (χ3v) is 3.90. The van der Waals surface area contributed by atoms with Crippen molar-refractivity contribution in [3.63, 3.8) is 0 Å². The van der Waals surface area contributed by atoms with Crippen LogP contribution >= 0.6 is 0 Å². The number of carbonyl (C=O) groups excluding carboxylic acids is 1. The fourth-order valence-corrected chi connectivity index (χ4v) is 2.95. The number of fused-ring (bicyclic) bond motifs is 3. The molecule has 1 aromatic heterocycles. The van der Waals surface area contributed by atoms with Crippen molar-refractivity contribution in [3.8, 4) is 5.75 Å². The summed E-state index contributed by atoms with van der Waals surface area (Å²) in [5, 5.41) is 1.18. The molecule has 4 nitrogen and oxygen atoms in total. The number of benzene rings is 1. The van der Waals surface area contributed by atoms with Crippen LogP contribution in [0.3, 0.4) is 0 Å². The van der Waals surface area contributed by atoms with E-state index in [-0.39, 0.29) is 11.9 Å². The molecular formula is C15H17NO3. The zero-order valence-electron chi connectivity index (χ0n) is 11.2. The lowest BCUT2D eigenvalue weighted by atomic mass is 9.87. The third kappa shape index (κ3) is 1.87. The van der Waals surface area contributed by atoms with Gasteiger partial charge in [0.1, 0.15) is 5.75 Å². The van der Waals surface area contributed by atoms with E-state index in [0.717, 1.165) is 36.2 Å². The number of esters is 1. The first-order valence-corrected chi connectivity index (χ1v) is 6.51. The predicted molar refractivity (Wildman–Crippen MR) is 72.5 cm³/mol. The molecule has 0 spiro atoms. The summed E-state index contributed by atoms with van der Waals surface area (Å²) in [5.74, 6) is 0.507. The van der Waals surface area contributed by atoms with Crippen molar-refractivity contribution < 1.29 is 14.3 Å². The number of aryl methyl sites for hydroxylation is 1. The molecule has 0 unspecified atom stereocenters. The molecule has 100 valence electrons. The van der Waals surface area contributed by atoms with Crippen molar-refractivity contribution in [1.29, 1.82) is 0 Å². The van der Waals surface area contributed by atoms with Crippen LogP contribution in [-0.4, -0.2) is 25.2 Å². The molecule has 0 saturated heterocycles. The molecule has 1 aliphatic carbocycles. The van der Waals surface area contributed by atoms with E-state index >= 15 is 0 Å². The maximum atomic E-state index is 11.9. The smallest absolute Gasteiger partial charge is 0.314 e. The summed E-state index contributed by atoms with van der Waals surface area (Å²) < 4.78 is 10.1. The third-order valence-electron chi connectivity index (χ3n) is 3.90. The van der Waals surface area contributed by atoms with Crippen LogP contribution in [0, 0.1) is 0 Å². The summed E-state index contributed by atoms with van der Waals surface area (Å²) in [6, 6.07) is 5.99. The molecular weight excluding hydrogens is 242 g/mol. The van der Waals surface area contributed by atoms with Crippen molar-refractivity contribution in [2.45, 2.75) is 25.2 Å². The van der Waals surface area contributed by atoms with Gasteiger partial charge in [0, 0.05) is 22.7 Å². The number of ether oxygens (including phenoxy) is 2. The summed E-state index contributed by atoms with van der Waals surface area (Å²) in [6.07, 6.45) is 2.88. The number of rotatable bonds is 2. The van der Waals surface area contributed by atoms with Gasteiger partial charge in [0.25, 0.3) is 0 Å². The standard InChI is InChI=1S/C15H17NO3/c1-18-9-6-7-10-11-4-3-5-12(15(17)19-2)14(11)16-13(10)8-9/h6-8,12,16H,3-5H2,1-2H3/t12-/m0/s1. The SMILES string of the molecule is COC(=O)[C@H]1CCCc2c1[nH]c1cc(OC)ccc21. The first-order valence-electron chi connectivity index (χ1n) is 6.51. The predicted octanol–water partition coefficient (Wildman–Crippen LogP) is 2.77. The fraction of sp³-hybridized carbons (Fsp3) is 0.400. The molecule has 19 heavy (non-hydrogen) atoms. The van der Waals surface area contributed by atoms with Crippen LogP contribution in [0.1, 0.15) is 30.0 Å². The van der Waals surface area contributed by atoms with Gasteiger partial charge in [-0.1, -0.05) is 0 Å². The van der Waals surface area contributed by atoms with Gasteiger partial charge in [-0.2, -0.15) is 0 Å². The summed E-state index contributed by atoms with van der Waals surface area (Å²) in [7, 11) is 3.10. The van der Waals surface area contributed by atoms with Gasteiger partial charge in [-0.3, -0.25) is 4.79 Å². The quantitative estimate of drug-likeness (QED) is 0.844. The number of aromatic nitrogens is 1. The summed E-state index contributed by atoms with van der Waals surface area (Å²) in [6.45, 7) is 0. The zero-order valence-corrected chi connectivity index (χ0v) is 11.2. The molecule has 1 atom stereocenters. The van der Waals surface area contributed by atoms with E-state index in [9.17, 15) is 4.79 Å². The molecule has 0 bridgehead atoms. The monoisotopic (exact) mass is 259 g/mol. The van der Waals surface area contributed by atoms with Crippen LogP contribution in [0.2, 0.25) is 0 Å². The Hall–Kier alpha value is -1.97. The van der Waals surface area contributed by atoms with E-state index in [2.05, 4.69) is 11.1 Å². The lowest BCUT2D eigenvalue weighted by Gasteiger charge is -2.20. The first kappa shape index (κ1) is 12.1. The van der Waals surface area contributed by atoms with Crippen molar-refractivity contribution in [1.82, 2.24) is 4.98 Å². The number of hydrogen-bond donors (Lipinski definition) is 1. The molecule has 2 aromatic rings. The minimum atomic E-state index is -0.160. The van der Waals surface area contributed by atoms with Crippen LogP contribution in [-0.2, 0) is 16.0 Å². The fourth-order valence-electron chi connectivity index (χ4n) is 2.95. The second-order valence-electron chi connectivity index (χ2n) is 4.90. The lowest BCUT2D eigenvalue weighted by molar-refractivity contribution is -0.142. The Morgan fingerprint density at radius 3 is 2.95 bits per heavy atom. The molecule has 0 saturated carbocycles. The van der Waals surface area contributed by atoms with E-state index in [0.29, 0.717) is 0 Å². The van der Waals surface area contributed by atoms with Crippen LogP contribution < -0.4 is 4.74 Å². The van der Waals surface area contributed by atoms with Crippen LogP contribution in [0.25, 0.3) is 10.9 Å². The lowest BCUT2D eigenvalue weighted by Crippen LogP contribution is -2.19. The molecule has 0 aliphatic heterocycles. The van der Waals surface area contributed by atoms with E-state index in [4.69, 9.17) is 9.47 Å². The van der Waals surface area contributed by atoms with Gasteiger partial charge in [-0.15, -0.1) is 0 Å². The van der Waals surface area contributed by atoms with Gasteiger partial charge in [-0.25, -0.2) is 0 Å². The number of aromatic amines is 1. The highest BCUT2D eigenvalue weighted by atomic mass is 16.5. The highest BCUT2D eigenvalue weighted by Gasteiger charge is 2.30. The second-order valence-corrected chi connectivity index (χ2v) is 4.90. The van der Waals surface area contributed by atoms with Crippen molar-refractivity contribution >= 4 is 16.9 Å². The topological polar surface area (TPSA) is 51.3 Å². The molecule has 1 aromatic carbocycles. The number of carbonyl (C=O) groups is 1. The van der Waals surface area contributed by atoms with Gasteiger partial charge in [-0.05, 0) is 37.0 Å². The maximum Gasteiger partial charge on any atom is 0.314 e. The van der Waals surface area contributed by atoms with E-state index in [1.165, 1.54) is 18.1 Å². The van der Waals surface area contributed by atoms with Gasteiger partial charge >= 0.3 is 5.97 Å². The Balaban J connectivity index is 2.14. The number of nitrogens with one attached hydrogen (secondary N) is 1. The minimum Gasteiger partial charge on any atom is -0.497 e. The summed E-state index contributed by atoms with van der Waals surface area (Å²) in [4.78, 5) is 15.2. The van der Waals surface area contributed by atoms with E-state index in [1.54, 1.807) is 7.11 Å². The normalized spacial score (nSPS) is 18.1. The molecule has 1 aliphatic rings. The van der Waals surface area contributed by atoms with Gasteiger partial charge in [0.2, 0.25) is 0 Å². The summed E-state index contributed by atoms with van der Waals surface area (Å²) in [5.41, 5.74) is 3.29. The maximum absolute atomic E-state index is 11.9. The molecule has 0 radical (unpaired) electrons. The highest BCUT2D eigenvalue weighted by molar-refractivity contribution is 5.89. The Morgan fingerprint density at radius 2 is 2.21 bits per heavy atom. The second kappa shape index (κ2) is 4.61. The Kier molecular flexibility index (Phi) is 2.93. The molecule has 1 heterocycles.